The van der Waals surface area contributed by atoms with Crippen LogP contribution in [0.5, 0.6) is 23.0 Å². The Labute approximate surface area is 211 Å². The molecule has 0 N–H and O–H groups in total. The number of benzene rings is 3. The van der Waals surface area contributed by atoms with Crippen LogP contribution in [-0.2, 0) is 23.3 Å². The second-order valence-electron chi connectivity index (χ2n) is 7.92. The molecular weight excluding hydrogens is 511 g/mol. The van der Waals surface area contributed by atoms with E-state index in [0.29, 0.717) is 29.1 Å². The molecule has 0 unspecified atom stereocenters. The highest BCUT2D eigenvalue weighted by Crippen LogP contribution is 2.34. The van der Waals surface area contributed by atoms with Crippen LogP contribution in [0, 0.1) is 6.92 Å². The van der Waals surface area contributed by atoms with Gasteiger partial charge in [-0.2, -0.15) is 21.6 Å². The number of pyridine rings is 1. The Morgan fingerprint density at radius 3 is 2.19 bits per heavy atom. The van der Waals surface area contributed by atoms with Crippen LogP contribution in [0.2, 0.25) is 0 Å². The van der Waals surface area contributed by atoms with E-state index >= 15 is 0 Å². The lowest BCUT2D eigenvalue weighted by atomic mass is 10.1. The van der Waals surface area contributed by atoms with Gasteiger partial charge in [-0.25, -0.2) is 4.98 Å². The first-order valence-electron chi connectivity index (χ1n) is 10.9. The molecule has 0 atom stereocenters. The molecule has 3 aromatic carbocycles. The molecule has 0 aliphatic carbocycles. The van der Waals surface area contributed by atoms with E-state index in [4.69, 9.17) is 14.2 Å². The fourth-order valence-electron chi connectivity index (χ4n) is 3.50. The molecule has 0 saturated heterocycles. The maximum absolute atomic E-state index is 12.8. The summed E-state index contributed by atoms with van der Waals surface area (Å²) < 4.78 is 82.3. The number of halogens is 3. The van der Waals surface area contributed by atoms with Gasteiger partial charge in [-0.1, -0.05) is 42.5 Å². The second kappa shape index (κ2) is 10.6. The minimum atomic E-state index is -5.87. The van der Waals surface area contributed by atoms with Gasteiger partial charge in [0.05, 0.1) is 18.3 Å². The van der Waals surface area contributed by atoms with Crippen LogP contribution in [-0.4, -0.2) is 26.0 Å². The molecule has 0 aliphatic rings. The van der Waals surface area contributed by atoms with Gasteiger partial charge in [0.2, 0.25) is 0 Å². The third-order valence-corrected chi connectivity index (χ3v) is 6.34. The normalized spacial score (nSPS) is 11.8. The summed E-state index contributed by atoms with van der Waals surface area (Å²) in [6.45, 7) is 2.08. The van der Waals surface area contributed by atoms with E-state index in [2.05, 4.69) is 9.17 Å². The van der Waals surface area contributed by atoms with Crippen LogP contribution in [0.25, 0.3) is 10.9 Å². The van der Waals surface area contributed by atoms with Gasteiger partial charge in [0, 0.05) is 29.1 Å². The molecule has 0 saturated carbocycles. The number of methoxy groups -OCH3 is 1. The fraction of sp³-hybridized carbons (Fsp3) is 0.192. The molecule has 0 fully saturated rings. The molecule has 0 amide bonds. The van der Waals surface area contributed by atoms with Crippen molar-refractivity contribution in [1.82, 2.24) is 4.98 Å². The van der Waals surface area contributed by atoms with Gasteiger partial charge in [0.25, 0.3) is 0 Å². The number of aromatic nitrogens is 1. The smallest absolute Gasteiger partial charge is 0.496 e. The molecule has 37 heavy (non-hydrogen) atoms. The van der Waals surface area contributed by atoms with E-state index in [1.54, 1.807) is 0 Å². The van der Waals surface area contributed by atoms with Crippen LogP contribution in [0.1, 0.15) is 16.8 Å². The summed E-state index contributed by atoms with van der Waals surface area (Å²) >= 11 is 0. The van der Waals surface area contributed by atoms with E-state index in [1.807, 2.05) is 61.5 Å². The summed E-state index contributed by atoms with van der Waals surface area (Å²) in [6.07, 6.45) is 0. The highest BCUT2D eigenvalue weighted by Gasteiger charge is 2.48. The first kappa shape index (κ1) is 26.1. The standard InChI is InChI=1S/C26H22F3NO6S/c1-17-24(16-34-20-12-19(33-2)13-21(14-20)36-37(31,32)26(27,28)29)30-23-11-7-6-10-22(23)25(17)35-15-18-8-4-3-5-9-18/h3-14H,15-16H2,1-2H3. The molecule has 7 nitrogen and oxygen atoms in total. The number of fused-ring (bicyclic) bond motifs is 1. The lowest BCUT2D eigenvalue weighted by Crippen LogP contribution is -2.28. The molecular formula is C26H22F3NO6S. The Balaban J connectivity index is 1.61. The van der Waals surface area contributed by atoms with Crippen LogP contribution in [0.3, 0.4) is 0 Å². The highest BCUT2D eigenvalue weighted by molar-refractivity contribution is 7.88. The second-order valence-corrected chi connectivity index (χ2v) is 9.46. The summed E-state index contributed by atoms with van der Waals surface area (Å²) in [7, 11) is -4.60. The molecule has 1 aromatic heterocycles. The van der Waals surface area contributed by atoms with Gasteiger partial charge in [-0.3, -0.25) is 0 Å². The maximum atomic E-state index is 12.8. The quantitative estimate of drug-likeness (QED) is 0.195. The van der Waals surface area contributed by atoms with Gasteiger partial charge in [-0.15, -0.1) is 0 Å². The van der Waals surface area contributed by atoms with Gasteiger partial charge >= 0.3 is 15.6 Å². The SMILES string of the molecule is COc1cc(OCc2nc3ccccc3c(OCc3ccccc3)c2C)cc(OS(=O)(=O)C(F)(F)F)c1. The maximum Gasteiger partial charge on any atom is 0.534 e. The van der Waals surface area contributed by atoms with Crippen molar-refractivity contribution in [3.8, 4) is 23.0 Å². The Kier molecular flexibility index (Phi) is 7.44. The molecule has 4 aromatic rings. The number of para-hydroxylation sites is 1. The Morgan fingerprint density at radius 1 is 0.838 bits per heavy atom. The first-order chi connectivity index (χ1) is 17.6. The summed E-state index contributed by atoms with van der Waals surface area (Å²) in [5.74, 6) is 0.0773. The molecule has 0 aliphatic heterocycles. The number of hydrogen-bond acceptors (Lipinski definition) is 7. The summed E-state index contributed by atoms with van der Waals surface area (Å²) in [4.78, 5) is 4.65. The zero-order valence-electron chi connectivity index (χ0n) is 19.8. The number of alkyl halides is 3. The van der Waals surface area contributed by atoms with Crippen molar-refractivity contribution in [2.24, 2.45) is 0 Å². The van der Waals surface area contributed by atoms with Gasteiger partial charge < -0.3 is 18.4 Å². The van der Waals surface area contributed by atoms with Crippen molar-refractivity contribution in [2.45, 2.75) is 25.6 Å². The molecule has 0 radical (unpaired) electrons. The van der Waals surface area contributed by atoms with E-state index in [0.717, 1.165) is 23.1 Å². The van der Waals surface area contributed by atoms with Gasteiger partial charge in [0.15, 0.2) is 0 Å². The van der Waals surface area contributed by atoms with Crippen molar-refractivity contribution in [1.29, 1.82) is 0 Å². The minimum absolute atomic E-state index is 0.0211. The lowest BCUT2D eigenvalue weighted by Gasteiger charge is -2.17. The van der Waals surface area contributed by atoms with Crippen molar-refractivity contribution < 1.29 is 40.0 Å². The predicted molar refractivity (Wildman–Crippen MR) is 130 cm³/mol. The summed E-state index contributed by atoms with van der Waals surface area (Å²) in [5, 5.41) is 0.814. The topological polar surface area (TPSA) is 83.9 Å². The fourth-order valence-corrected chi connectivity index (χ4v) is 3.95. The monoisotopic (exact) mass is 533 g/mol. The molecule has 1 heterocycles. The lowest BCUT2D eigenvalue weighted by molar-refractivity contribution is -0.0500. The zero-order valence-corrected chi connectivity index (χ0v) is 20.6. The summed E-state index contributed by atoms with van der Waals surface area (Å²) in [6, 6.07) is 20.5. The van der Waals surface area contributed by atoms with Crippen molar-refractivity contribution in [3.05, 3.63) is 89.6 Å². The van der Waals surface area contributed by atoms with Crippen LogP contribution < -0.4 is 18.4 Å². The highest BCUT2D eigenvalue weighted by atomic mass is 32.2. The van der Waals surface area contributed by atoms with Crippen LogP contribution in [0.4, 0.5) is 13.2 Å². The largest absolute Gasteiger partial charge is 0.534 e. The molecule has 0 bridgehead atoms. The first-order valence-corrected chi connectivity index (χ1v) is 12.4. The van der Waals surface area contributed by atoms with Crippen LogP contribution >= 0.6 is 0 Å². The van der Waals surface area contributed by atoms with Gasteiger partial charge in [0.1, 0.15) is 36.2 Å². The Morgan fingerprint density at radius 2 is 1.49 bits per heavy atom. The van der Waals surface area contributed by atoms with Crippen LogP contribution in [0.15, 0.2) is 72.8 Å². The Hall–Kier alpha value is -3.99. The number of ether oxygens (including phenoxy) is 3. The van der Waals surface area contributed by atoms with E-state index < -0.39 is 21.4 Å². The number of rotatable bonds is 9. The average molecular weight is 534 g/mol. The third kappa shape index (κ3) is 6.05. The van der Waals surface area contributed by atoms with Gasteiger partial charge in [-0.05, 0) is 24.6 Å². The third-order valence-electron chi connectivity index (χ3n) is 5.36. The minimum Gasteiger partial charge on any atom is -0.496 e. The number of nitrogens with zero attached hydrogens (tertiary/aromatic N) is 1. The van der Waals surface area contributed by atoms with Crippen molar-refractivity contribution in [2.75, 3.05) is 7.11 Å². The zero-order chi connectivity index (χ0) is 26.6. The van der Waals surface area contributed by atoms with E-state index in [-0.39, 0.29) is 18.1 Å². The molecule has 11 heteroatoms. The average Bonchev–Trinajstić information content (AvgIpc) is 2.86. The molecule has 194 valence electrons. The summed E-state index contributed by atoms with van der Waals surface area (Å²) in [5.41, 5.74) is -2.69. The predicted octanol–water partition coefficient (Wildman–Crippen LogP) is 5.94. The van der Waals surface area contributed by atoms with Crippen molar-refractivity contribution >= 4 is 21.0 Å². The number of hydrogen-bond donors (Lipinski definition) is 0. The molecule has 4 rings (SSSR count). The Bertz CT molecular complexity index is 1510. The molecule has 0 spiro atoms. The van der Waals surface area contributed by atoms with E-state index in [1.165, 1.54) is 13.2 Å². The van der Waals surface area contributed by atoms with E-state index in [9.17, 15) is 21.6 Å². The van der Waals surface area contributed by atoms with Crippen molar-refractivity contribution in [3.63, 3.8) is 0 Å².